The lowest BCUT2D eigenvalue weighted by Gasteiger charge is -2.21. The van der Waals surface area contributed by atoms with Crippen LogP contribution in [-0.2, 0) is 14.3 Å². The molecule has 1 atom stereocenters. The first-order chi connectivity index (χ1) is 12.8. The van der Waals surface area contributed by atoms with E-state index in [1.165, 1.54) is 12.1 Å². The minimum atomic E-state index is -5.10. The van der Waals surface area contributed by atoms with E-state index in [-0.39, 0.29) is 12.0 Å². The molecule has 0 aliphatic heterocycles. The Morgan fingerprint density at radius 1 is 1.29 bits per heavy atom. The summed E-state index contributed by atoms with van der Waals surface area (Å²) in [5.74, 6) is 0.834. The molecule has 1 aromatic rings. The van der Waals surface area contributed by atoms with Gasteiger partial charge in [0.15, 0.2) is 0 Å². The van der Waals surface area contributed by atoms with Gasteiger partial charge in [-0.1, -0.05) is 11.8 Å². The van der Waals surface area contributed by atoms with Crippen LogP contribution in [0.15, 0.2) is 18.3 Å². The predicted octanol–water partition coefficient (Wildman–Crippen LogP) is 2.30. The number of carbonyl (C=O) groups is 3. The summed E-state index contributed by atoms with van der Waals surface area (Å²) in [6.45, 7) is 4.80. The van der Waals surface area contributed by atoms with Crippen LogP contribution < -0.4 is 10.6 Å². The van der Waals surface area contributed by atoms with Crippen molar-refractivity contribution in [2.24, 2.45) is 0 Å². The summed E-state index contributed by atoms with van der Waals surface area (Å²) < 4.78 is 42.0. The second kappa shape index (κ2) is 9.07. The van der Waals surface area contributed by atoms with Gasteiger partial charge in [-0.2, -0.15) is 13.2 Å². The van der Waals surface area contributed by atoms with Gasteiger partial charge in [0.2, 0.25) is 0 Å². The highest BCUT2D eigenvalue weighted by Gasteiger charge is 2.39. The Balaban J connectivity index is 2.88. The number of hydrogen-bond acceptors (Lipinski definition) is 5. The van der Waals surface area contributed by atoms with Gasteiger partial charge in [0.05, 0.1) is 5.56 Å². The molecule has 3 N–H and O–H groups in total. The van der Waals surface area contributed by atoms with Gasteiger partial charge in [0, 0.05) is 12.6 Å². The topological polar surface area (TPSA) is 118 Å². The molecule has 28 heavy (non-hydrogen) atoms. The number of nitrogens with one attached hydrogen (secondary N) is 2. The van der Waals surface area contributed by atoms with Crippen LogP contribution in [0.2, 0.25) is 0 Å². The molecule has 152 valence electrons. The van der Waals surface area contributed by atoms with E-state index in [0.717, 1.165) is 6.20 Å². The van der Waals surface area contributed by atoms with Crippen LogP contribution in [0, 0.1) is 11.8 Å². The van der Waals surface area contributed by atoms with E-state index in [1.54, 1.807) is 26.1 Å². The average Bonchev–Trinajstić information content (AvgIpc) is 2.52. The Morgan fingerprint density at radius 3 is 2.46 bits per heavy atom. The normalized spacial score (nSPS) is 12.2. The van der Waals surface area contributed by atoms with E-state index in [4.69, 9.17) is 9.84 Å². The first-order valence-electron chi connectivity index (χ1n) is 7.84. The number of alkyl halides is 3. The highest BCUT2D eigenvalue weighted by atomic mass is 19.4. The van der Waals surface area contributed by atoms with E-state index < -0.39 is 41.6 Å². The van der Waals surface area contributed by atoms with Gasteiger partial charge < -0.3 is 20.5 Å². The summed E-state index contributed by atoms with van der Waals surface area (Å²) in [6, 6.07) is 1.26. The molecule has 8 nitrogen and oxygen atoms in total. The molecule has 1 rings (SSSR count). The van der Waals surface area contributed by atoms with Crippen molar-refractivity contribution >= 4 is 23.8 Å². The summed E-state index contributed by atoms with van der Waals surface area (Å²) in [6.07, 6.45) is -5.27. The van der Waals surface area contributed by atoms with Crippen LogP contribution in [0.1, 0.15) is 32.8 Å². The van der Waals surface area contributed by atoms with Crippen molar-refractivity contribution in [3.05, 3.63) is 23.9 Å². The summed E-state index contributed by atoms with van der Waals surface area (Å²) >= 11 is 0. The minimum absolute atomic E-state index is 0.0542. The Bertz CT molecular complexity index is 807. The number of nitrogens with zero attached hydrogens (tertiary/aromatic N) is 1. The van der Waals surface area contributed by atoms with E-state index in [0.29, 0.717) is 0 Å². The number of amides is 2. The maximum absolute atomic E-state index is 12.4. The molecule has 0 fully saturated rings. The zero-order valence-corrected chi connectivity index (χ0v) is 15.2. The number of rotatable bonds is 4. The van der Waals surface area contributed by atoms with E-state index in [1.807, 2.05) is 0 Å². The fraction of sp³-hybridized carbons (Fsp3) is 0.412. The van der Waals surface area contributed by atoms with Crippen molar-refractivity contribution in [1.29, 1.82) is 0 Å². The maximum Gasteiger partial charge on any atom is 0.471 e. The number of carboxylic acid groups (broad SMARTS) is 1. The average molecular weight is 401 g/mol. The molecular weight excluding hydrogens is 383 g/mol. The lowest BCUT2D eigenvalue weighted by molar-refractivity contribution is -0.167. The summed E-state index contributed by atoms with van der Waals surface area (Å²) in [5, 5.41) is 12.9. The number of aromatic nitrogens is 1. The molecule has 0 aliphatic rings. The van der Waals surface area contributed by atoms with Crippen molar-refractivity contribution in [3.63, 3.8) is 0 Å². The summed E-state index contributed by atoms with van der Waals surface area (Å²) in [7, 11) is 0. The van der Waals surface area contributed by atoms with Crippen LogP contribution in [0.3, 0.4) is 0 Å². The molecule has 0 aliphatic carbocycles. The molecule has 0 aromatic carbocycles. The smallest absolute Gasteiger partial charge is 0.471 e. The second-order valence-corrected chi connectivity index (χ2v) is 6.39. The quantitative estimate of drug-likeness (QED) is 0.667. The molecule has 0 saturated heterocycles. The van der Waals surface area contributed by atoms with Crippen LogP contribution >= 0.6 is 0 Å². The lowest BCUT2D eigenvalue weighted by atomic mass is 10.2. The molecule has 0 radical (unpaired) electrons. The minimum Gasteiger partial charge on any atom is -0.480 e. The van der Waals surface area contributed by atoms with Crippen LogP contribution in [0.5, 0.6) is 0 Å². The molecule has 1 heterocycles. The molecule has 1 aromatic heterocycles. The predicted molar refractivity (Wildman–Crippen MR) is 91.2 cm³/mol. The van der Waals surface area contributed by atoms with E-state index >= 15 is 0 Å². The van der Waals surface area contributed by atoms with Gasteiger partial charge in [-0.05, 0) is 32.9 Å². The van der Waals surface area contributed by atoms with E-state index in [2.05, 4.69) is 22.1 Å². The number of carboxylic acids is 1. The van der Waals surface area contributed by atoms with Gasteiger partial charge in [-0.3, -0.25) is 4.79 Å². The lowest BCUT2D eigenvalue weighted by Crippen LogP contribution is -2.43. The molecule has 2 amide bonds. The number of carbonyl (C=O) groups excluding carboxylic acids is 2. The van der Waals surface area contributed by atoms with Gasteiger partial charge in [-0.25, -0.2) is 14.6 Å². The molecule has 0 saturated carbocycles. The zero-order valence-electron chi connectivity index (χ0n) is 15.2. The standard InChI is InChI=1S/C17H18F3N3O5/c1-16(2,3)28-15(27)22-11(13(24)25)8-4-6-10-7-5-9-21-12(10)23-14(26)17(18,19)20/h5,7,9,11H,8H2,1-3H3,(H,22,27)(H,24,25)(H,21,23,26). The van der Waals surface area contributed by atoms with Crippen LogP contribution in [0.25, 0.3) is 0 Å². The van der Waals surface area contributed by atoms with Crippen molar-refractivity contribution < 1.29 is 37.4 Å². The monoisotopic (exact) mass is 401 g/mol. The number of ether oxygens (including phenoxy) is 1. The Kier molecular flexibility index (Phi) is 7.37. The third kappa shape index (κ3) is 7.94. The fourth-order valence-corrected chi connectivity index (χ4v) is 1.68. The number of alkyl carbamates (subject to hydrolysis) is 1. The third-order valence-electron chi connectivity index (χ3n) is 2.82. The Morgan fingerprint density at radius 2 is 1.93 bits per heavy atom. The number of anilines is 1. The number of aliphatic carboxylic acids is 1. The molecule has 1 unspecified atom stereocenters. The number of hydrogen-bond donors (Lipinski definition) is 3. The largest absolute Gasteiger partial charge is 0.480 e. The molecule has 0 spiro atoms. The molecule has 0 bridgehead atoms. The zero-order chi connectivity index (χ0) is 21.5. The van der Waals surface area contributed by atoms with Crippen molar-refractivity contribution in [2.75, 3.05) is 5.32 Å². The van der Waals surface area contributed by atoms with Gasteiger partial charge >= 0.3 is 24.1 Å². The van der Waals surface area contributed by atoms with Crippen LogP contribution in [0.4, 0.5) is 23.8 Å². The van der Waals surface area contributed by atoms with Gasteiger partial charge in [-0.15, -0.1) is 0 Å². The Hall–Kier alpha value is -3.29. The highest BCUT2D eigenvalue weighted by molar-refractivity contribution is 5.95. The molecule has 11 heteroatoms. The van der Waals surface area contributed by atoms with Crippen LogP contribution in [-0.4, -0.2) is 45.9 Å². The van der Waals surface area contributed by atoms with E-state index in [9.17, 15) is 27.6 Å². The van der Waals surface area contributed by atoms with Gasteiger partial charge in [0.1, 0.15) is 17.5 Å². The first kappa shape index (κ1) is 22.8. The van der Waals surface area contributed by atoms with Crippen molar-refractivity contribution in [1.82, 2.24) is 10.3 Å². The first-order valence-corrected chi connectivity index (χ1v) is 7.84. The number of halogens is 3. The fourth-order valence-electron chi connectivity index (χ4n) is 1.68. The highest BCUT2D eigenvalue weighted by Crippen LogP contribution is 2.18. The second-order valence-electron chi connectivity index (χ2n) is 6.39. The summed E-state index contributed by atoms with van der Waals surface area (Å²) in [5.41, 5.74) is -0.887. The maximum atomic E-state index is 12.4. The van der Waals surface area contributed by atoms with Gasteiger partial charge in [0.25, 0.3) is 0 Å². The molecular formula is C17H18F3N3O5. The number of pyridine rings is 1. The SMILES string of the molecule is CC(C)(C)OC(=O)NC(CC#Cc1cccnc1NC(=O)C(F)(F)F)C(=O)O. The van der Waals surface area contributed by atoms with Crippen molar-refractivity contribution in [2.45, 2.75) is 45.0 Å². The Labute approximate surface area is 158 Å². The summed E-state index contributed by atoms with van der Waals surface area (Å²) in [4.78, 5) is 37.5. The van der Waals surface area contributed by atoms with Crippen molar-refractivity contribution in [3.8, 4) is 11.8 Å². The third-order valence-corrected chi connectivity index (χ3v) is 2.82.